The molecule has 0 bridgehead atoms. The summed E-state index contributed by atoms with van der Waals surface area (Å²) in [7, 11) is -2.02. The molecule has 2 rings (SSSR count). The van der Waals surface area contributed by atoms with Crippen LogP contribution < -0.4 is 0 Å². The molecule has 1 fully saturated rings. The Hall–Kier alpha value is -1.44. The molecule has 0 amide bonds. The van der Waals surface area contributed by atoms with E-state index in [1.807, 2.05) is 30.3 Å². The van der Waals surface area contributed by atoms with Crippen molar-refractivity contribution >= 4 is 13.9 Å². The zero-order chi connectivity index (χ0) is 18.0. The highest BCUT2D eigenvalue weighted by atomic mass is 28.3. The topological polar surface area (TPSA) is 50.1 Å². The molecule has 1 aliphatic heterocycles. The Balaban J connectivity index is 2.19. The minimum atomic E-state index is -2.02. The highest BCUT2D eigenvalue weighted by Gasteiger charge is 2.56. The van der Waals surface area contributed by atoms with Crippen LogP contribution in [-0.4, -0.2) is 25.2 Å². The molecule has 0 saturated carbocycles. The lowest BCUT2D eigenvalue weighted by molar-refractivity contribution is -0.0546. The van der Waals surface area contributed by atoms with Gasteiger partial charge in [-0.05, 0) is 24.3 Å². The smallest absolute Gasteiger partial charge is 0.165 e. The largest absolute Gasteiger partial charge is 0.360 e. The fourth-order valence-electron chi connectivity index (χ4n) is 3.36. The number of hydrogen-bond donors (Lipinski definition) is 0. The maximum Gasteiger partial charge on any atom is 0.165 e. The summed E-state index contributed by atoms with van der Waals surface area (Å²) >= 11 is 0. The van der Waals surface area contributed by atoms with Crippen molar-refractivity contribution in [2.75, 3.05) is 0 Å². The Kier molecular flexibility index (Phi) is 5.36. The van der Waals surface area contributed by atoms with Crippen molar-refractivity contribution in [3.05, 3.63) is 35.9 Å². The summed E-state index contributed by atoms with van der Waals surface area (Å²) in [5.41, 5.74) is 0.724. The molecule has 1 saturated heterocycles. The number of carbonyl (C=O) groups is 1. The summed E-state index contributed by atoms with van der Waals surface area (Å²) in [5.74, 6) is 0.101. The van der Waals surface area contributed by atoms with Gasteiger partial charge in [-0.2, -0.15) is 5.26 Å². The molecule has 24 heavy (non-hydrogen) atoms. The number of nitrogens with zero attached hydrogens (tertiary/aromatic N) is 1. The molecule has 130 valence electrons. The number of ether oxygens (including phenoxy) is 1. The number of benzene rings is 1. The van der Waals surface area contributed by atoms with Crippen molar-refractivity contribution in [2.45, 2.75) is 75.9 Å². The molecule has 4 heteroatoms. The van der Waals surface area contributed by atoms with Gasteiger partial charge in [0.05, 0.1) is 12.2 Å². The Labute approximate surface area is 147 Å². The van der Waals surface area contributed by atoms with Crippen LogP contribution in [0.3, 0.4) is 0 Å². The van der Waals surface area contributed by atoms with E-state index in [1.165, 1.54) is 0 Å². The number of carbonyl (C=O) groups excluding carboxylic acids is 1. The minimum Gasteiger partial charge on any atom is -0.360 e. The maximum absolute atomic E-state index is 12.5. The van der Waals surface area contributed by atoms with Gasteiger partial charge < -0.3 is 4.74 Å². The van der Waals surface area contributed by atoms with E-state index < -0.39 is 13.3 Å². The second kappa shape index (κ2) is 6.82. The van der Waals surface area contributed by atoms with E-state index in [-0.39, 0.29) is 16.9 Å². The van der Waals surface area contributed by atoms with Crippen LogP contribution in [0.2, 0.25) is 18.1 Å². The fourth-order valence-corrected chi connectivity index (χ4v) is 6.12. The van der Waals surface area contributed by atoms with Crippen molar-refractivity contribution in [3.63, 3.8) is 0 Å². The average molecular weight is 344 g/mol. The highest BCUT2D eigenvalue weighted by Crippen LogP contribution is 2.48. The summed E-state index contributed by atoms with van der Waals surface area (Å²) in [5, 5.41) is 9.34. The first kappa shape index (κ1) is 18.9. The van der Waals surface area contributed by atoms with Gasteiger partial charge >= 0.3 is 0 Å². The van der Waals surface area contributed by atoms with E-state index in [9.17, 15) is 10.1 Å². The molecule has 2 atom stereocenters. The van der Waals surface area contributed by atoms with Gasteiger partial charge in [0, 0.05) is 12.0 Å². The van der Waals surface area contributed by atoms with Gasteiger partial charge in [0.2, 0.25) is 0 Å². The SMILES string of the molecule is CC(C)(C)[Si](C)(C)C1(C#N)CCCC(CC(=O)c2ccccc2)O1. The van der Waals surface area contributed by atoms with Crippen LogP contribution >= 0.6 is 0 Å². The lowest BCUT2D eigenvalue weighted by Gasteiger charge is -2.51. The molecule has 0 N–H and O–H groups in total. The van der Waals surface area contributed by atoms with Crippen LogP contribution in [0.5, 0.6) is 0 Å². The van der Waals surface area contributed by atoms with E-state index in [1.54, 1.807) is 0 Å². The lowest BCUT2D eigenvalue weighted by Crippen LogP contribution is -2.63. The summed E-state index contributed by atoms with van der Waals surface area (Å²) in [6, 6.07) is 11.9. The number of nitriles is 1. The monoisotopic (exact) mass is 343 g/mol. The molecule has 2 unspecified atom stereocenters. The molecule has 1 aliphatic rings. The van der Waals surface area contributed by atoms with Crippen molar-refractivity contribution in [2.24, 2.45) is 0 Å². The van der Waals surface area contributed by atoms with E-state index >= 15 is 0 Å². The van der Waals surface area contributed by atoms with Gasteiger partial charge in [-0.25, -0.2) is 0 Å². The van der Waals surface area contributed by atoms with Crippen LogP contribution in [-0.2, 0) is 4.74 Å². The van der Waals surface area contributed by atoms with Gasteiger partial charge in [0.1, 0.15) is 13.3 Å². The Morgan fingerprint density at radius 2 is 1.96 bits per heavy atom. The predicted octanol–water partition coefficient (Wildman–Crippen LogP) is 5.14. The normalized spacial score (nSPS) is 25.1. The van der Waals surface area contributed by atoms with Gasteiger partial charge in [-0.15, -0.1) is 0 Å². The Morgan fingerprint density at radius 1 is 1.33 bits per heavy atom. The van der Waals surface area contributed by atoms with Crippen molar-refractivity contribution < 1.29 is 9.53 Å². The van der Waals surface area contributed by atoms with Gasteiger partial charge in [-0.1, -0.05) is 64.2 Å². The predicted molar refractivity (Wildman–Crippen MR) is 99.7 cm³/mol. The first-order chi connectivity index (χ1) is 11.1. The van der Waals surface area contributed by atoms with Gasteiger partial charge in [0.25, 0.3) is 0 Å². The van der Waals surface area contributed by atoms with Crippen LogP contribution in [0.15, 0.2) is 30.3 Å². The molecule has 1 aromatic rings. The van der Waals surface area contributed by atoms with Crippen molar-refractivity contribution in [3.8, 4) is 6.07 Å². The first-order valence-corrected chi connectivity index (χ1v) is 11.8. The first-order valence-electron chi connectivity index (χ1n) is 8.80. The van der Waals surface area contributed by atoms with Crippen LogP contribution in [0, 0.1) is 11.3 Å². The third-order valence-electron chi connectivity index (χ3n) is 6.00. The molecule has 1 aromatic carbocycles. The third kappa shape index (κ3) is 3.48. The van der Waals surface area contributed by atoms with E-state index in [4.69, 9.17) is 4.74 Å². The molecule has 0 aliphatic carbocycles. The molecule has 0 spiro atoms. The van der Waals surface area contributed by atoms with E-state index in [2.05, 4.69) is 39.9 Å². The summed E-state index contributed by atoms with van der Waals surface area (Å²) in [6.45, 7) is 11.1. The van der Waals surface area contributed by atoms with Crippen LogP contribution in [0.1, 0.15) is 56.8 Å². The summed E-state index contributed by atoms with van der Waals surface area (Å²) in [4.78, 5) is 12.5. The standard InChI is InChI=1S/C20H29NO2Si/c1-19(2,3)24(4,5)20(15-21)13-9-12-17(23-20)14-18(22)16-10-7-6-8-11-16/h6-8,10-11,17H,9,12-14H2,1-5H3. The second-order valence-electron chi connectivity index (χ2n) is 8.44. The maximum atomic E-state index is 12.5. The minimum absolute atomic E-state index is 0.0636. The molecule has 1 heterocycles. The lowest BCUT2D eigenvalue weighted by atomic mass is 9.97. The number of rotatable bonds is 4. The van der Waals surface area contributed by atoms with Gasteiger partial charge in [0.15, 0.2) is 5.78 Å². The summed E-state index contributed by atoms with van der Waals surface area (Å²) < 4.78 is 6.39. The molecule has 0 aromatic heterocycles. The fraction of sp³-hybridized carbons (Fsp3) is 0.600. The van der Waals surface area contributed by atoms with Crippen LogP contribution in [0.4, 0.5) is 0 Å². The van der Waals surface area contributed by atoms with Gasteiger partial charge in [-0.3, -0.25) is 4.79 Å². The molecular weight excluding hydrogens is 314 g/mol. The summed E-state index contributed by atoms with van der Waals surface area (Å²) in [6.07, 6.45) is 2.81. The second-order valence-corrected chi connectivity index (χ2v) is 14.0. The third-order valence-corrected chi connectivity index (χ3v) is 12.2. The number of hydrogen-bond acceptors (Lipinski definition) is 3. The quantitative estimate of drug-likeness (QED) is 0.562. The number of Topliss-reactive ketones (excluding diaryl/α,β-unsaturated/α-hetero) is 1. The Morgan fingerprint density at radius 3 is 2.50 bits per heavy atom. The van der Waals surface area contributed by atoms with Crippen molar-refractivity contribution in [1.29, 1.82) is 5.26 Å². The molecule has 0 radical (unpaired) electrons. The highest BCUT2D eigenvalue weighted by molar-refractivity contribution is 6.83. The zero-order valence-corrected chi connectivity index (χ0v) is 16.6. The molecular formula is C20H29NO2Si. The van der Waals surface area contributed by atoms with Crippen LogP contribution in [0.25, 0.3) is 0 Å². The average Bonchev–Trinajstić information content (AvgIpc) is 2.54. The zero-order valence-electron chi connectivity index (χ0n) is 15.6. The Bertz CT molecular complexity index is 627. The van der Waals surface area contributed by atoms with E-state index in [0.29, 0.717) is 6.42 Å². The van der Waals surface area contributed by atoms with Crippen molar-refractivity contribution in [1.82, 2.24) is 0 Å². The number of ketones is 1. The van der Waals surface area contributed by atoms with E-state index in [0.717, 1.165) is 24.8 Å². The molecule has 3 nitrogen and oxygen atoms in total.